The summed E-state index contributed by atoms with van der Waals surface area (Å²) in [5.74, 6) is 0. The first-order valence-electron chi connectivity index (χ1n) is 6.26. The Morgan fingerprint density at radius 2 is 2.00 bits per heavy atom. The molecule has 0 atom stereocenters. The Hall–Kier alpha value is -0.830. The molecule has 0 radical (unpaired) electrons. The lowest BCUT2D eigenvalue weighted by Gasteiger charge is -2.20. The number of hydrogen-bond donors (Lipinski definition) is 1. The van der Waals surface area contributed by atoms with Crippen molar-refractivity contribution in [3.05, 3.63) is 18.0 Å². The van der Waals surface area contributed by atoms with Crippen LogP contribution in [0.3, 0.4) is 0 Å². The van der Waals surface area contributed by atoms with E-state index in [1.165, 1.54) is 0 Å². The lowest BCUT2D eigenvalue weighted by Crippen LogP contribution is -2.26. The van der Waals surface area contributed by atoms with Crippen molar-refractivity contribution in [3.63, 3.8) is 0 Å². The van der Waals surface area contributed by atoms with Crippen LogP contribution >= 0.6 is 0 Å². The first-order valence-corrected chi connectivity index (χ1v) is 6.26. The van der Waals surface area contributed by atoms with E-state index in [4.69, 9.17) is 5.73 Å². The van der Waals surface area contributed by atoms with Crippen LogP contribution in [0.4, 0.5) is 0 Å². The van der Waals surface area contributed by atoms with Crippen molar-refractivity contribution in [1.29, 1.82) is 0 Å². The summed E-state index contributed by atoms with van der Waals surface area (Å²) in [4.78, 5) is 0. The Kier molecular flexibility index (Phi) is 4.54. The van der Waals surface area contributed by atoms with Gasteiger partial charge in [0.25, 0.3) is 0 Å². The van der Waals surface area contributed by atoms with Crippen LogP contribution in [0.1, 0.15) is 52.3 Å². The molecule has 0 fully saturated rings. The lowest BCUT2D eigenvalue weighted by atomic mass is 9.88. The maximum Gasteiger partial charge on any atom is 0.0630 e. The molecule has 0 aliphatic heterocycles. The third kappa shape index (κ3) is 3.34. The standard InChI is InChI=1S/C13H25N3/c1-5-12(6-2)16-8-7-11(15-16)9-13(3,4)10-14/h7-8,12H,5-6,9-10,14H2,1-4H3. The van der Waals surface area contributed by atoms with Crippen molar-refractivity contribution in [2.24, 2.45) is 11.1 Å². The van der Waals surface area contributed by atoms with Crippen molar-refractivity contribution >= 4 is 0 Å². The van der Waals surface area contributed by atoms with Gasteiger partial charge < -0.3 is 5.73 Å². The number of nitrogens with zero attached hydrogens (tertiary/aromatic N) is 2. The molecule has 0 unspecified atom stereocenters. The minimum atomic E-state index is 0.146. The fourth-order valence-electron chi connectivity index (χ4n) is 1.90. The molecule has 92 valence electrons. The zero-order valence-corrected chi connectivity index (χ0v) is 11.0. The van der Waals surface area contributed by atoms with Gasteiger partial charge in [-0.25, -0.2) is 0 Å². The van der Waals surface area contributed by atoms with Gasteiger partial charge in [0.1, 0.15) is 0 Å². The first-order chi connectivity index (χ1) is 7.52. The van der Waals surface area contributed by atoms with E-state index >= 15 is 0 Å². The van der Waals surface area contributed by atoms with Crippen LogP contribution in [-0.4, -0.2) is 16.3 Å². The van der Waals surface area contributed by atoms with E-state index in [0.29, 0.717) is 12.6 Å². The summed E-state index contributed by atoms with van der Waals surface area (Å²) in [7, 11) is 0. The summed E-state index contributed by atoms with van der Waals surface area (Å²) in [6.45, 7) is 9.48. The van der Waals surface area contributed by atoms with Crippen LogP contribution in [0.15, 0.2) is 12.3 Å². The third-order valence-electron chi connectivity index (χ3n) is 3.19. The van der Waals surface area contributed by atoms with Crippen molar-refractivity contribution < 1.29 is 0 Å². The molecule has 16 heavy (non-hydrogen) atoms. The SMILES string of the molecule is CCC(CC)n1ccc(CC(C)(C)CN)n1. The molecule has 0 saturated heterocycles. The van der Waals surface area contributed by atoms with Gasteiger partial charge in [-0.1, -0.05) is 27.7 Å². The monoisotopic (exact) mass is 223 g/mol. The van der Waals surface area contributed by atoms with Crippen molar-refractivity contribution in [3.8, 4) is 0 Å². The van der Waals surface area contributed by atoms with Gasteiger partial charge in [-0.3, -0.25) is 4.68 Å². The highest BCUT2D eigenvalue weighted by Gasteiger charge is 2.18. The van der Waals surface area contributed by atoms with Gasteiger partial charge in [-0.2, -0.15) is 5.10 Å². The van der Waals surface area contributed by atoms with E-state index < -0.39 is 0 Å². The largest absolute Gasteiger partial charge is 0.330 e. The molecule has 2 N–H and O–H groups in total. The summed E-state index contributed by atoms with van der Waals surface area (Å²) in [5, 5.41) is 4.65. The summed E-state index contributed by atoms with van der Waals surface area (Å²) < 4.78 is 2.10. The second kappa shape index (κ2) is 5.48. The zero-order valence-electron chi connectivity index (χ0n) is 11.0. The number of aromatic nitrogens is 2. The van der Waals surface area contributed by atoms with Crippen molar-refractivity contribution in [2.45, 2.75) is 53.0 Å². The van der Waals surface area contributed by atoms with E-state index in [9.17, 15) is 0 Å². The van der Waals surface area contributed by atoms with E-state index in [1.807, 2.05) is 0 Å². The molecule has 1 aromatic rings. The van der Waals surface area contributed by atoms with Gasteiger partial charge in [0, 0.05) is 6.20 Å². The highest BCUT2D eigenvalue weighted by Crippen LogP contribution is 2.21. The van der Waals surface area contributed by atoms with Gasteiger partial charge in [0.15, 0.2) is 0 Å². The normalized spacial score (nSPS) is 12.4. The lowest BCUT2D eigenvalue weighted by molar-refractivity contribution is 0.364. The third-order valence-corrected chi connectivity index (χ3v) is 3.19. The van der Waals surface area contributed by atoms with Gasteiger partial charge in [0.05, 0.1) is 11.7 Å². The Morgan fingerprint density at radius 1 is 1.38 bits per heavy atom. The minimum absolute atomic E-state index is 0.146. The molecule has 1 heterocycles. The Bertz CT molecular complexity index is 311. The van der Waals surface area contributed by atoms with Gasteiger partial charge in [0.2, 0.25) is 0 Å². The Morgan fingerprint density at radius 3 is 2.50 bits per heavy atom. The first kappa shape index (κ1) is 13.2. The van der Waals surface area contributed by atoms with E-state index in [2.05, 4.69) is 49.7 Å². The molecule has 0 amide bonds. The van der Waals surface area contributed by atoms with Crippen LogP contribution in [0, 0.1) is 5.41 Å². The topological polar surface area (TPSA) is 43.8 Å². The van der Waals surface area contributed by atoms with Crippen LogP contribution in [0.25, 0.3) is 0 Å². The fraction of sp³-hybridized carbons (Fsp3) is 0.769. The average Bonchev–Trinajstić information content (AvgIpc) is 2.68. The molecule has 3 heteroatoms. The number of rotatable bonds is 6. The van der Waals surface area contributed by atoms with E-state index in [0.717, 1.165) is 25.0 Å². The number of nitrogens with two attached hydrogens (primary N) is 1. The van der Waals surface area contributed by atoms with Gasteiger partial charge in [-0.05, 0) is 37.3 Å². The summed E-state index contributed by atoms with van der Waals surface area (Å²) in [6, 6.07) is 2.66. The average molecular weight is 223 g/mol. The Labute approximate surface area is 99.0 Å². The van der Waals surface area contributed by atoms with E-state index in [-0.39, 0.29) is 5.41 Å². The molecule has 0 aromatic carbocycles. The molecule has 0 bridgehead atoms. The molecular formula is C13H25N3. The predicted molar refractivity (Wildman–Crippen MR) is 68.4 cm³/mol. The second-order valence-electron chi connectivity index (χ2n) is 5.30. The highest BCUT2D eigenvalue weighted by atomic mass is 15.3. The Balaban J connectivity index is 2.71. The van der Waals surface area contributed by atoms with Crippen molar-refractivity contribution in [2.75, 3.05) is 6.54 Å². The highest BCUT2D eigenvalue weighted by molar-refractivity contribution is 5.03. The summed E-state index contributed by atoms with van der Waals surface area (Å²) >= 11 is 0. The van der Waals surface area contributed by atoms with Crippen LogP contribution in [-0.2, 0) is 6.42 Å². The maximum atomic E-state index is 5.74. The van der Waals surface area contributed by atoms with Gasteiger partial charge in [-0.15, -0.1) is 0 Å². The smallest absolute Gasteiger partial charge is 0.0630 e. The predicted octanol–water partition coefficient (Wildman–Crippen LogP) is 2.77. The van der Waals surface area contributed by atoms with Crippen LogP contribution < -0.4 is 5.73 Å². The number of hydrogen-bond acceptors (Lipinski definition) is 2. The quantitative estimate of drug-likeness (QED) is 0.806. The molecule has 0 aliphatic carbocycles. The zero-order chi connectivity index (χ0) is 12.2. The molecule has 0 aliphatic rings. The molecule has 0 saturated carbocycles. The summed E-state index contributed by atoms with van der Waals surface area (Å²) in [6.07, 6.45) is 5.33. The van der Waals surface area contributed by atoms with Gasteiger partial charge >= 0.3 is 0 Å². The van der Waals surface area contributed by atoms with E-state index in [1.54, 1.807) is 0 Å². The summed E-state index contributed by atoms with van der Waals surface area (Å²) in [5.41, 5.74) is 7.04. The molecular weight excluding hydrogens is 198 g/mol. The molecule has 0 spiro atoms. The molecule has 1 rings (SSSR count). The molecule has 1 aromatic heterocycles. The minimum Gasteiger partial charge on any atom is -0.330 e. The van der Waals surface area contributed by atoms with Crippen molar-refractivity contribution in [1.82, 2.24) is 9.78 Å². The van der Waals surface area contributed by atoms with Crippen LogP contribution in [0.2, 0.25) is 0 Å². The maximum absolute atomic E-state index is 5.74. The second-order valence-corrected chi connectivity index (χ2v) is 5.30. The molecule has 3 nitrogen and oxygen atoms in total. The van der Waals surface area contributed by atoms with Crippen LogP contribution in [0.5, 0.6) is 0 Å². The fourth-order valence-corrected chi connectivity index (χ4v) is 1.90.